The first-order valence-electron chi connectivity index (χ1n) is 6.84. The molecule has 0 saturated carbocycles. The standard InChI is InChI=1S/C15H13N7/c1-10-8-18-13(9-17-10)15-16-5-6-22(15)11-3-4-14-12(7-11)19-20-21(14)2/h3-9H,1-2H3. The molecule has 0 unspecified atom stereocenters. The monoisotopic (exact) mass is 291 g/mol. The molecular formula is C15H13N7. The number of aryl methyl sites for hydroxylation is 2. The van der Waals surface area contributed by atoms with Crippen LogP contribution < -0.4 is 0 Å². The van der Waals surface area contributed by atoms with Crippen molar-refractivity contribution in [3.8, 4) is 17.2 Å². The van der Waals surface area contributed by atoms with Gasteiger partial charge in [0.1, 0.15) is 11.2 Å². The van der Waals surface area contributed by atoms with E-state index in [1.807, 2.05) is 42.9 Å². The molecule has 4 rings (SSSR count). The molecule has 0 atom stereocenters. The topological polar surface area (TPSA) is 74.3 Å². The van der Waals surface area contributed by atoms with Crippen molar-refractivity contribution in [2.75, 3.05) is 0 Å². The second-order valence-electron chi connectivity index (χ2n) is 5.05. The minimum absolute atomic E-state index is 0.731. The van der Waals surface area contributed by atoms with Crippen LogP contribution in [0, 0.1) is 6.92 Å². The highest BCUT2D eigenvalue weighted by Gasteiger charge is 2.11. The van der Waals surface area contributed by atoms with Crippen molar-refractivity contribution in [1.29, 1.82) is 0 Å². The van der Waals surface area contributed by atoms with Crippen LogP contribution in [0.25, 0.3) is 28.2 Å². The number of hydrogen-bond acceptors (Lipinski definition) is 5. The zero-order chi connectivity index (χ0) is 15.1. The largest absolute Gasteiger partial charge is 0.298 e. The van der Waals surface area contributed by atoms with E-state index < -0.39 is 0 Å². The molecule has 0 aliphatic rings. The molecule has 3 aromatic heterocycles. The van der Waals surface area contributed by atoms with E-state index in [9.17, 15) is 0 Å². The molecule has 0 radical (unpaired) electrons. The molecule has 0 saturated heterocycles. The Morgan fingerprint density at radius 3 is 2.77 bits per heavy atom. The van der Waals surface area contributed by atoms with Crippen LogP contribution in [0.1, 0.15) is 5.69 Å². The second kappa shape index (κ2) is 4.73. The predicted molar refractivity (Wildman–Crippen MR) is 81.4 cm³/mol. The Morgan fingerprint density at radius 2 is 1.95 bits per heavy atom. The number of aromatic nitrogens is 7. The summed E-state index contributed by atoms with van der Waals surface area (Å²) in [4.78, 5) is 13.1. The zero-order valence-corrected chi connectivity index (χ0v) is 12.2. The van der Waals surface area contributed by atoms with Crippen LogP contribution >= 0.6 is 0 Å². The van der Waals surface area contributed by atoms with E-state index in [1.165, 1.54) is 0 Å². The lowest BCUT2D eigenvalue weighted by atomic mass is 10.2. The summed E-state index contributed by atoms with van der Waals surface area (Å²) in [5.41, 5.74) is 4.40. The van der Waals surface area contributed by atoms with Crippen molar-refractivity contribution < 1.29 is 0 Å². The Kier molecular flexibility index (Phi) is 2.72. The van der Waals surface area contributed by atoms with Crippen molar-refractivity contribution in [2.24, 2.45) is 7.05 Å². The van der Waals surface area contributed by atoms with Crippen LogP contribution in [0.15, 0.2) is 43.0 Å². The highest BCUT2D eigenvalue weighted by atomic mass is 15.4. The van der Waals surface area contributed by atoms with Crippen LogP contribution in [0.4, 0.5) is 0 Å². The average molecular weight is 291 g/mol. The molecular weight excluding hydrogens is 278 g/mol. The van der Waals surface area contributed by atoms with Crippen molar-refractivity contribution in [2.45, 2.75) is 6.92 Å². The number of imidazole rings is 1. The number of benzene rings is 1. The van der Waals surface area contributed by atoms with Crippen molar-refractivity contribution >= 4 is 11.0 Å². The van der Waals surface area contributed by atoms with Crippen molar-refractivity contribution in [3.63, 3.8) is 0 Å². The van der Waals surface area contributed by atoms with Crippen LogP contribution in [0.3, 0.4) is 0 Å². The molecule has 108 valence electrons. The number of nitrogens with zero attached hydrogens (tertiary/aromatic N) is 7. The lowest BCUT2D eigenvalue weighted by molar-refractivity contribution is 0.736. The Morgan fingerprint density at radius 1 is 1.05 bits per heavy atom. The number of rotatable bonds is 2. The van der Waals surface area contributed by atoms with E-state index in [4.69, 9.17) is 0 Å². The minimum atomic E-state index is 0.731. The molecule has 7 nitrogen and oxygen atoms in total. The quantitative estimate of drug-likeness (QED) is 0.564. The Bertz CT molecular complexity index is 950. The van der Waals surface area contributed by atoms with Crippen LogP contribution in [0.2, 0.25) is 0 Å². The van der Waals surface area contributed by atoms with Crippen LogP contribution in [-0.2, 0) is 7.05 Å². The van der Waals surface area contributed by atoms with Gasteiger partial charge in [0.05, 0.1) is 17.4 Å². The summed E-state index contributed by atoms with van der Waals surface area (Å²) in [5.74, 6) is 0.746. The molecule has 22 heavy (non-hydrogen) atoms. The summed E-state index contributed by atoms with van der Waals surface area (Å²) in [7, 11) is 1.87. The Hall–Kier alpha value is -3.09. The molecule has 1 aromatic carbocycles. The van der Waals surface area contributed by atoms with Gasteiger partial charge in [-0.25, -0.2) is 14.6 Å². The minimum Gasteiger partial charge on any atom is -0.298 e. The summed E-state index contributed by atoms with van der Waals surface area (Å²) in [5, 5.41) is 8.18. The Labute approximate surface area is 126 Å². The third kappa shape index (κ3) is 1.95. The summed E-state index contributed by atoms with van der Waals surface area (Å²) in [6, 6.07) is 5.99. The summed E-state index contributed by atoms with van der Waals surface area (Å²) >= 11 is 0. The fourth-order valence-corrected chi connectivity index (χ4v) is 2.39. The van der Waals surface area contributed by atoms with Gasteiger partial charge in [-0.1, -0.05) is 5.21 Å². The molecule has 0 amide bonds. The molecule has 0 aliphatic carbocycles. The van der Waals surface area contributed by atoms with Gasteiger partial charge in [-0.2, -0.15) is 0 Å². The molecule has 0 fully saturated rings. The molecule has 3 heterocycles. The van der Waals surface area contributed by atoms with Crippen LogP contribution in [0.5, 0.6) is 0 Å². The van der Waals surface area contributed by atoms with Crippen LogP contribution in [-0.4, -0.2) is 34.5 Å². The summed E-state index contributed by atoms with van der Waals surface area (Å²) < 4.78 is 3.72. The lowest BCUT2D eigenvalue weighted by Gasteiger charge is -2.07. The normalized spacial score (nSPS) is 11.2. The first kappa shape index (κ1) is 12.6. The highest BCUT2D eigenvalue weighted by Crippen LogP contribution is 2.21. The van der Waals surface area contributed by atoms with E-state index in [1.54, 1.807) is 23.3 Å². The highest BCUT2D eigenvalue weighted by molar-refractivity contribution is 5.77. The van der Waals surface area contributed by atoms with Gasteiger partial charge in [-0.15, -0.1) is 5.10 Å². The maximum Gasteiger partial charge on any atom is 0.164 e. The fourth-order valence-electron chi connectivity index (χ4n) is 2.39. The SMILES string of the molecule is Cc1cnc(-c2nccn2-c2ccc3c(c2)nnn3C)cn1. The zero-order valence-electron chi connectivity index (χ0n) is 12.2. The smallest absolute Gasteiger partial charge is 0.164 e. The van der Waals surface area contributed by atoms with Gasteiger partial charge in [0.25, 0.3) is 0 Å². The first-order valence-corrected chi connectivity index (χ1v) is 6.84. The van der Waals surface area contributed by atoms with Gasteiger partial charge in [0.2, 0.25) is 0 Å². The maximum absolute atomic E-state index is 4.40. The molecule has 4 aromatic rings. The maximum atomic E-state index is 4.40. The lowest BCUT2D eigenvalue weighted by Crippen LogP contribution is -1.99. The van der Waals surface area contributed by atoms with Crippen molar-refractivity contribution in [3.05, 3.63) is 48.7 Å². The van der Waals surface area contributed by atoms with E-state index in [2.05, 4.69) is 25.3 Å². The van der Waals surface area contributed by atoms with Gasteiger partial charge in [-0.3, -0.25) is 9.55 Å². The predicted octanol–water partition coefficient (Wildman–Crippen LogP) is 1.92. The van der Waals surface area contributed by atoms with Gasteiger partial charge in [0.15, 0.2) is 5.82 Å². The second-order valence-corrected chi connectivity index (χ2v) is 5.05. The van der Waals surface area contributed by atoms with E-state index in [0.29, 0.717) is 0 Å². The van der Waals surface area contributed by atoms with E-state index >= 15 is 0 Å². The summed E-state index contributed by atoms with van der Waals surface area (Å²) in [6.45, 7) is 1.91. The Balaban J connectivity index is 1.85. The molecule has 0 bridgehead atoms. The van der Waals surface area contributed by atoms with Gasteiger partial charge < -0.3 is 0 Å². The number of fused-ring (bicyclic) bond motifs is 1. The van der Waals surface area contributed by atoms with Crippen molar-refractivity contribution in [1.82, 2.24) is 34.5 Å². The van der Waals surface area contributed by atoms with Gasteiger partial charge in [0, 0.05) is 31.3 Å². The first-order chi connectivity index (χ1) is 10.7. The van der Waals surface area contributed by atoms with Gasteiger partial charge >= 0.3 is 0 Å². The summed E-state index contributed by atoms with van der Waals surface area (Å²) in [6.07, 6.45) is 7.11. The molecule has 7 heteroatoms. The third-order valence-corrected chi connectivity index (χ3v) is 3.52. The number of hydrogen-bond donors (Lipinski definition) is 0. The fraction of sp³-hybridized carbons (Fsp3) is 0.133. The molecule has 0 N–H and O–H groups in total. The van der Waals surface area contributed by atoms with E-state index in [-0.39, 0.29) is 0 Å². The average Bonchev–Trinajstić information content (AvgIpc) is 3.15. The molecule has 0 spiro atoms. The molecule has 0 aliphatic heterocycles. The van der Waals surface area contributed by atoms with E-state index in [0.717, 1.165) is 33.9 Å². The van der Waals surface area contributed by atoms with Gasteiger partial charge in [-0.05, 0) is 25.1 Å². The third-order valence-electron chi connectivity index (χ3n) is 3.52.